The molecule has 202 valence electrons. The molecule has 2 atom stereocenters. The van der Waals surface area contributed by atoms with Gasteiger partial charge in [0.2, 0.25) is 0 Å². The molecular weight excluding hydrogens is 476 g/mol. The van der Waals surface area contributed by atoms with E-state index in [9.17, 15) is 24.0 Å². The van der Waals surface area contributed by atoms with Gasteiger partial charge in [0.1, 0.15) is 17.7 Å². The highest BCUT2D eigenvalue weighted by atomic mass is 16.6. The van der Waals surface area contributed by atoms with Gasteiger partial charge in [-0.3, -0.25) is 19.3 Å². The third-order valence-electron chi connectivity index (χ3n) is 6.46. The van der Waals surface area contributed by atoms with Gasteiger partial charge in [-0.05, 0) is 39.3 Å². The number of ketones is 2. The van der Waals surface area contributed by atoms with Crippen LogP contribution >= 0.6 is 0 Å². The van der Waals surface area contributed by atoms with Crippen molar-refractivity contribution in [3.63, 3.8) is 0 Å². The molecule has 2 aliphatic heterocycles. The fraction of sp³-hybridized carbons (Fsp3) is 0.607. The van der Waals surface area contributed by atoms with Crippen LogP contribution in [0.1, 0.15) is 102 Å². The van der Waals surface area contributed by atoms with Crippen molar-refractivity contribution in [2.75, 3.05) is 13.2 Å². The van der Waals surface area contributed by atoms with E-state index in [0.717, 1.165) is 4.90 Å². The van der Waals surface area contributed by atoms with Gasteiger partial charge in [0.05, 0.1) is 12.6 Å². The van der Waals surface area contributed by atoms with Crippen LogP contribution in [0.15, 0.2) is 18.2 Å². The zero-order valence-corrected chi connectivity index (χ0v) is 23.5. The molecule has 9 heteroatoms. The summed E-state index contributed by atoms with van der Waals surface area (Å²) in [4.78, 5) is 67.9. The van der Waals surface area contributed by atoms with Gasteiger partial charge in [0.15, 0.2) is 11.6 Å². The first-order valence-electron chi connectivity index (χ1n) is 12.5. The van der Waals surface area contributed by atoms with Crippen LogP contribution in [0.2, 0.25) is 0 Å². The summed E-state index contributed by atoms with van der Waals surface area (Å²) in [6, 6.07) is 4.02. The highest BCUT2D eigenvalue weighted by Crippen LogP contribution is 2.55. The van der Waals surface area contributed by atoms with Gasteiger partial charge in [-0.15, -0.1) is 0 Å². The summed E-state index contributed by atoms with van der Waals surface area (Å²) in [5.74, 6) is -1.02. The number of imide groups is 1. The van der Waals surface area contributed by atoms with Crippen LogP contribution in [-0.2, 0) is 14.3 Å². The Morgan fingerprint density at radius 3 is 1.92 bits per heavy atom. The maximum absolute atomic E-state index is 13.5. The predicted octanol–water partition coefficient (Wildman–Crippen LogP) is 5.17. The molecule has 0 aliphatic carbocycles. The second kappa shape index (κ2) is 8.96. The molecule has 0 bridgehead atoms. The second-order valence-corrected chi connectivity index (χ2v) is 12.9. The smallest absolute Gasteiger partial charge is 0.416 e. The highest BCUT2D eigenvalue weighted by Gasteiger charge is 2.70. The molecule has 1 aromatic carbocycles. The molecule has 0 unspecified atom stereocenters. The van der Waals surface area contributed by atoms with E-state index in [2.05, 4.69) is 0 Å². The van der Waals surface area contributed by atoms with Gasteiger partial charge in [0.25, 0.3) is 5.91 Å². The summed E-state index contributed by atoms with van der Waals surface area (Å²) in [6.45, 7) is 17.5. The maximum Gasteiger partial charge on any atom is 0.416 e. The maximum atomic E-state index is 13.5. The average Bonchev–Trinajstić information content (AvgIpc) is 3.17. The normalized spacial score (nSPS) is 22.0. The first kappa shape index (κ1) is 28.3. The largest absolute Gasteiger partial charge is 0.447 e. The molecule has 0 aromatic heterocycles. The summed E-state index contributed by atoms with van der Waals surface area (Å²) in [7, 11) is 0. The lowest BCUT2D eigenvalue weighted by Crippen LogP contribution is -2.44. The van der Waals surface area contributed by atoms with Crippen molar-refractivity contribution < 1.29 is 33.4 Å². The Morgan fingerprint density at radius 1 is 0.919 bits per heavy atom. The molecule has 3 rings (SSSR count). The van der Waals surface area contributed by atoms with Gasteiger partial charge in [-0.25, -0.2) is 14.5 Å². The minimum absolute atomic E-state index is 0.0750. The standard InChI is InChI=1S/C28H38N2O7/c1-25(2,3)20(31)17-12-11-16(15-18(17)21(32)26(4,5)6)19-28(10,22(33)29-13-14-36-23(29)34)30(19)24(35)37-27(7,8)9/h11-12,15,19H,13-14H2,1-10H3/t19-,28+,30?/m1/s1. The van der Waals surface area contributed by atoms with Crippen molar-refractivity contribution in [2.45, 2.75) is 86.4 Å². The molecule has 0 radical (unpaired) electrons. The minimum atomic E-state index is -1.44. The van der Waals surface area contributed by atoms with Crippen LogP contribution in [0.5, 0.6) is 0 Å². The third-order valence-corrected chi connectivity index (χ3v) is 6.46. The first-order valence-corrected chi connectivity index (χ1v) is 12.5. The van der Waals surface area contributed by atoms with E-state index in [1.54, 1.807) is 87.4 Å². The van der Waals surface area contributed by atoms with E-state index in [0.29, 0.717) is 5.56 Å². The van der Waals surface area contributed by atoms with Crippen LogP contribution in [0, 0.1) is 10.8 Å². The second-order valence-electron chi connectivity index (χ2n) is 12.9. The van der Waals surface area contributed by atoms with Crippen LogP contribution < -0.4 is 0 Å². The van der Waals surface area contributed by atoms with Crippen molar-refractivity contribution in [1.82, 2.24) is 9.80 Å². The molecule has 2 aliphatic rings. The van der Waals surface area contributed by atoms with E-state index in [-0.39, 0.29) is 35.8 Å². The summed E-state index contributed by atoms with van der Waals surface area (Å²) in [6.07, 6.45) is -1.49. The lowest BCUT2D eigenvalue weighted by molar-refractivity contribution is -0.131. The molecule has 1 aromatic rings. The number of carbonyl (C=O) groups excluding carboxylic acids is 5. The minimum Gasteiger partial charge on any atom is -0.447 e. The zero-order valence-electron chi connectivity index (χ0n) is 23.5. The molecule has 0 saturated carbocycles. The molecule has 2 saturated heterocycles. The van der Waals surface area contributed by atoms with Gasteiger partial charge in [-0.2, -0.15) is 0 Å². The Morgan fingerprint density at radius 2 is 1.46 bits per heavy atom. The summed E-state index contributed by atoms with van der Waals surface area (Å²) in [5.41, 5.74) is -2.75. The molecule has 2 heterocycles. The van der Waals surface area contributed by atoms with Crippen molar-refractivity contribution in [1.29, 1.82) is 0 Å². The SMILES string of the molecule is CC(C)(C)OC(=O)N1[C@H](c2ccc(C(=O)C(C)(C)C)c(C(=O)C(C)(C)C)c2)[C@@]1(C)C(=O)N1CCOC1=O. The van der Waals surface area contributed by atoms with Gasteiger partial charge in [-0.1, -0.05) is 53.7 Å². The number of Topliss-reactive ketones (excluding diaryl/α,β-unsaturated/α-hetero) is 2. The third kappa shape index (κ3) is 5.26. The number of hydrogen-bond donors (Lipinski definition) is 0. The molecular formula is C28H38N2O7. The predicted molar refractivity (Wildman–Crippen MR) is 136 cm³/mol. The number of nitrogens with zero attached hydrogens (tertiary/aromatic N) is 2. The quantitative estimate of drug-likeness (QED) is 0.402. The molecule has 3 amide bonds. The fourth-order valence-corrected chi connectivity index (χ4v) is 4.47. The number of carbonyl (C=O) groups is 5. The van der Waals surface area contributed by atoms with Gasteiger partial charge >= 0.3 is 12.2 Å². The topological polar surface area (TPSA) is 110 Å². The first-order chi connectivity index (χ1) is 16.7. The number of cyclic esters (lactones) is 1. The Labute approximate surface area is 218 Å². The van der Waals surface area contributed by atoms with Gasteiger partial charge in [0, 0.05) is 22.0 Å². The Balaban J connectivity index is 2.14. The number of amides is 3. The number of hydrogen-bond acceptors (Lipinski definition) is 7. The highest BCUT2D eigenvalue weighted by molar-refractivity contribution is 6.12. The van der Waals surface area contributed by atoms with Crippen molar-refractivity contribution in [3.05, 3.63) is 34.9 Å². The van der Waals surface area contributed by atoms with Crippen LogP contribution in [0.3, 0.4) is 0 Å². The fourth-order valence-electron chi connectivity index (χ4n) is 4.47. The molecule has 0 spiro atoms. The number of ether oxygens (including phenoxy) is 2. The molecule has 37 heavy (non-hydrogen) atoms. The van der Waals surface area contributed by atoms with E-state index in [1.807, 2.05) is 0 Å². The Kier molecular flexibility index (Phi) is 6.86. The van der Waals surface area contributed by atoms with Crippen LogP contribution in [-0.4, -0.2) is 63.8 Å². The van der Waals surface area contributed by atoms with E-state index in [4.69, 9.17) is 9.47 Å². The van der Waals surface area contributed by atoms with E-state index in [1.165, 1.54) is 4.90 Å². The summed E-state index contributed by atoms with van der Waals surface area (Å²) in [5, 5.41) is 0. The van der Waals surface area contributed by atoms with Gasteiger partial charge < -0.3 is 9.47 Å². The zero-order chi connectivity index (χ0) is 28.3. The average molecular weight is 515 g/mol. The van der Waals surface area contributed by atoms with Crippen LogP contribution in [0.25, 0.3) is 0 Å². The van der Waals surface area contributed by atoms with E-state index < -0.39 is 46.1 Å². The Hall–Kier alpha value is -3.23. The molecule has 0 N–H and O–H groups in total. The number of benzene rings is 1. The monoisotopic (exact) mass is 514 g/mol. The number of rotatable bonds is 4. The van der Waals surface area contributed by atoms with Crippen molar-refractivity contribution >= 4 is 29.7 Å². The molecule has 2 fully saturated rings. The van der Waals surface area contributed by atoms with Crippen molar-refractivity contribution in [3.8, 4) is 0 Å². The lowest BCUT2D eigenvalue weighted by Gasteiger charge is -2.23. The molecule has 9 nitrogen and oxygen atoms in total. The van der Waals surface area contributed by atoms with Crippen molar-refractivity contribution in [2.24, 2.45) is 10.8 Å². The van der Waals surface area contributed by atoms with E-state index >= 15 is 0 Å². The summed E-state index contributed by atoms with van der Waals surface area (Å²) >= 11 is 0. The van der Waals surface area contributed by atoms with Crippen LogP contribution in [0.4, 0.5) is 9.59 Å². The summed E-state index contributed by atoms with van der Waals surface area (Å²) < 4.78 is 10.5. The lowest BCUT2D eigenvalue weighted by atomic mass is 9.78. The Bertz CT molecular complexity index is 1170.